The SMILES string of the molecule is COc1cc(OC)c([C@@H]2C3=C(C[C@H](c4cccs4)CC3=O)Nc3ncnn32)cc1OC. The van der Waals surface area contributed by atoms with Crippen LogP contribution in [0.4, 0.5) is 5.95 Å². The number of Topliss-reactive ketones (excluding diaryl/α,β-unsaturated/α-hetero) is 1. The molecule has 0 saturated heterocycles. The smallest absolute Gasteiger partial charge is 0.226 e. The molecule has 0 bridgehead atoms. The van der Waals surface area contributed by atoms with E-state index in [0.717, 1.165) is 17.7 Å². The van der Waals surface area contributed by atoms with Crippen LogP contribution >= 0.6 is 11.3 Å². The van der Waals surface area contributed by atoms with Crippen LogP contribution in [0.25, 0.3) is 0 Å². The van der Waals surface area contributed by atoms with Gasteiger partial charge < -0.3 is 19.5 Å². The summed E-state index contributed by atoms with van der Waals surface area (Å²) in [6.45, 7) is 0. The summed E-state index contributed by atoms with van der Waals surface area (Å²) in [4.78, 5) is 19.1. The van der Waals surface area contributed by atoms with Gasteiger partial charge in [0.25, 0.3) is 0 Å². The van der Waals surface area contributed by atoms with Crippen molar-refractivity contribution in [2.24, 2.45) is 0 Å². The van der Waals surface area contributed by atoms with Crippen LogP contribution in [0.1, 0.15) is 35.2 Å². The Morgan fingerprint density at radius 3 is 2.58 bits per heavy atom. The first-order chi connectivity index (χ1) is 15.1. The van der Waals surface area contributed by atoms with Crippen LogP contribution in [0.3, 0.4) is 0 Å². The minimum absolute atomic E-state index is 0.0927. The van der Waals surface area contributed by atoms with Gasteiger partial charge in [-0.2, -0.15) is 10.1 Å². The first kappa shape index (κ1) is 19.6. The maximum absolute atomic E-state index is 13.5. The van der Waals surface area contributed by atoms with Crippen molar-refractivity contribution in [3.05, 3.63) is 57.7 Å². The largest absolute Gasteiger partial charge is 0.496 e. The van der Waals surface area contributed by atoms with E-state index in [2.05, 4.69) is 21.5 Å². The molecule has 0 radical (unpaired) electrons. The average Bonchev–Trinajstić information content (AvgIpc) is 3.48. The summed E-state index contributed by atoms with van der Waals surface area (Å²) in [5.41, 5.74) is 2.34. The van der Waals surface area contributed by atoms with Gasteiger partial charge in [0, 0.05) is 40.1 Å². The second kappa shape index (κ2) is 7.73. The van der Waals surface area contributed by atoms with E-state index in [0.29, 0.717) is 35.2 Å². The molecule has 160 valence electrons. The summed E-state index contributed by atoms with van der Waals surface area (Å²) in [5.74, 6) is 2.54. The highest BCUT2D eigenvalue weighted by molar-refractivity contribution is 7.10. The summed E-state index contributed by atoms with van der Waals surface area (Å²) in [6, 6.07) is 7.27. The van der Waals surface area contributed by atoms with Crippen LogP contribution in [0, 0.1) is 0 Å². The molecule has 2 aliphatic rings. The van der Waals surface area contributed by atoms with Gasteiger partial charge in [-0.25, -0.2) is 4.68 Å². The number of hydrogen-bond acceptors (Lipinski definition) is 8. The molecule has 1 aromatic carbocycles. The van der Waals surface area contributed by atoms with Crippen LogP contribution in [-0.2, 0) is 4.79 Å². The number of ether oxygens (including phenoxy) is 3. The molecule has 3 aromatic rings. The zero-order valence-electron chi connectivity index (χ0n) is 17.4. The van der Waals surface area contributed by atoms with Gasteiger partial charge in [0.1, 0.15) is 18.1 Å². The number of ketones is 1. The van der Waals surface area contributed by atoms with E-state index >= 15 is 0 Å². The van der Waals surface area contributed by atoms with Crippen molar-refractivity contribution >= 4 is 23.1 Å². The molecule has 0 saturated carbocycles. The number of benzene rings is 1. The van der Waals surface area contributed by atoms with E-state index in [1.54, 1.807) is 43.4 Å². The van der Waals surface area contributed by atoms with E-state index in [4.69, 9.17) is 14.2 Å². The van der Waals surface area contributed by atoms with Gasteiger partial charge in [-0.3, -0.25) is 4.79 Å². The van der Waals surface area contributed by atoms with Crippen molar-refractivity contribution in [3.8, 4) is 17.2 Å². The second-order valence-corrected chi connectivity index (χ2v) is 8.42. The molecule has 1 aliphatic heterocycles. The molecule has 0 fully saturated rings. The first-order valence-corrected chi connectivity index (χ1v) is 10.8. The predicted molar refractivity (Wildman–Crippen MR) is 116 cm³/mol. The quantitative estimate of drug-likeness (QED) is 0.649. The van der Waals surface area contributed by atoms with Gasteiger partial charge in [-0.05, 0) is 23.9 Å². The Hall–Kier alpha value is -3.33. The van der Waals surface area contributed by atoms with E-state index < -0.39 is 6.04 Å². The maximum Gasteiger partial charge on any atom is 0.226 e. The van der Waals surface area contributed by atoms with Gasteiger partial charge >= 0.3 is 0 Å². The molecular formula is C22H22N4O4S. The number of fused-ring (bicyclic) bond motifs is 1. The number of carbonyl (C=O) groups is 1. The molecule has 8 nitrogen and oxygen atoms in total. The third-order valence-corrected chi connectivity index (χ3v) is 6.87. The van der Waals surface area contributed by atoms with Crippen LogP contribution in [-0.4, -0.2) is 41.9 Å². The second-order valence-electron chi connectivity index (χ2n) is 7.44. The zero-order valence-corrected chi connectivity index (χ0v) is 18.2. The van der Waals surface area contributed by atoms with Crippen LogP contribution in [0.15, 0.2) is 47.2 Å². The minimum atomic E-state index is -0.472. The highest BCUT2D eigenvalue weighted by atomic mass is 32.1. The lowest BCUT2D eigenvalue weighted by Gasteiger charge is -2.35. The molecule has 1 aliphatic carbocycles. The Bertz CT molecular complexity index is 1170. The van der Waals surface area contributed by atoms with Crippen molar-refractivity contribution in [3.63, 3.8) is 0 Å². The number of allylic oxidation sites excluding steroid dienone is 2. The monoisotopic (exact) mass is 438 g/mol. The lowest BCUT2D eigenvalue weighted by atomic mass is 9.79. The Balaban J connectivity index is 1.67. The fourth-order valence-electron chi connectivity index (χ4n) is 4.43. The Labute approximate surface area is 183 Å². The molecule has 0 spiro atoms. The maximum atomic E-state index is 13.5. The molecule has 31 heavy (non-hydrogen) atoms. The molecule has 2 aromatic heterocycles. The van der Waals surface area contributed by atoms with E-state index in [9.17, 15) is 4.79 Å². The van der Waals surface area contributed by atoms with Crippen molar-refractivity contribution in [1.29, 1.82) is 0 Å². The number of methoxy groups -OCH3 is 3. The number of carbonyl (C=O) groups excluding carboxylic acids is 1. The lowest BCUT2D eigenvalue weighted by Crippen LogP contribution is -2.33. The van der Waals surface area contributed by atoms with Crippen LogP contribution in [0.2, 0.25) is 0 Å². The van der Waals surface area contributed by atoms with Gasteiger partial charge in [-0.1, -0.05) is 6.07 Å². The number of rotatable bonds is 5. The van der Waals surface area contributed by atoms with E-state index in [1.807, 2.05) is 17.5 Å². The molecule has 2 atom stereocenters. The molecular weight excluding hydrogens is 416 g/mol. The molecule has 0 amide bonds. The number of aromatic nitrogens is 3. The van der Waals surface area contributed by atoms with E-state index in [-0.39, 0.29) is 11.7 Å². The highest BCUT2D eigenvalue weighted by Crippen LogP contribution is 2.48. The molecule has 3 heterocycles. The van der Waals surface area contributed by atoms with Gasteiger partial charge in [0.2, 0.25) is 5.95 Å². The zero-order chi connectivity index (χ0) is 21.5. The summed E-state index contributed by atoms with van der Waals surface area (Å²) in [6.07, 6.45) is 2.68. The van der Waals surface area contributed by atoms with Gasteiger partial charge in [0.15, 0.2) is 17.3 Å². The minimum Gasteiger partial charge on any atom is -0.496 e. The number of nitrogens with one attached hydrogen (secondary N) is 1. The average molecular weight is 439 g/mol. The fourth-order valence-corrected chi connectivity index (χ4v) is 5.26. The molecule has 0 unspecified atom stereocenters. The van der Waals surface area contributed by atoms with Crippen molar-refractivity contribution in [2.75, 3.05) is 26.6 Å². The summed E-state index contributed by atoms with van der Waals surface area (Å²) >= 11 is 1.68. The number of hydrogen-bond donors (Lipinski definition) is 1. The van der Waals surface area contributed by atoms with Crippen molar-refractivity contribution in [2.45, 2.75) is 24.8 Å². The Morgan fingerprint density at radius 2 is 1.87 bits per heavy atom. The normalized spacial score (nSPS) is 20.0. The Morgan fingerprint density at radius 1 is 1.10 bits per heavy atom. The molecule has 1 N–H and O–H groups in total. The number of anilines is 1. The van der Waals surface area contributed by atoms with Crippen LogP contribution in [0.5, 0.6) is 17.2 Å². The molecule has 5 rings (SSSR count). The van der Waals surface area contributed by atoms with Crippen LogP contribution < -0.4 is 19.5 Å². The van der Waals surface area contributed by atoms with E-state index in [1.165, 1.54) is 11.2 Å². The molecule has 9 heteroatoms. The Kier molecular flexibility index (Phi) is 4.90. The third-order valence-electron chi connectivity index (χ3n) is 5.84. The number of nitrogens with zero attached hydrogens (tertiary/aromatic N) is 3. The summed E-state index contributed by atoms with van der Waals surface area (Å²) in [5, 5.41) is 9.81. The van der Waals surface area contributed by atoms with Gasteiger partial charge in [0.05, 0.1) is 21.3 Å². The standard InChI is InChI=1S/C22H22N4O4S/c1-28-16-10-18(30-3)17(29-2)9-13(16)21-20-14(25-22-23-11-24-26(21)22)7-12(8-15(20)27)19-5-4-6-31-19/h4-6,9-12,21H,7-8H2,1-3H3,(H,23,24,25)/t12-,21+/m0/s1. The van der Waals surface area contributed by atoms with Gasteiger partial charge in [-0.15, -0.1) is 11.3 Å². The predicted octanol–water partition coefficient (Wildman–Crippen LogP) is 3.78. The summed E-state index contributed by atoms with van der Waals surface area (Å²) in [7, 11) is 4.76. The fraction of sp³-hybridized carbons (Fsp3) is 0.318. The van der Waals surface area contributed by atoms with Crippen molar-refractivity contribution < 1.29 is 19.0 Å². The first-order valence-electron chi connectivity index (χ1n) is 9.90. The topological polar surface area (TPSA) is 87.5 Å². The van der Waals surface area contributed by atoms with Crippen molar-refractivity contribution in [1.82, 2.24) is 14.8 Å². The number of thiophene rings is 1. The summed E-state index contributed by atoms with van der Waals surface area (Å²) < 4.78 is 18.4. The lowest BCUT2D eigenvalue weighted by molar-refractivity contribution is -0.116. The third kappa shape index (κ3) is 3.16. The highest BCUT2D eigenvalue weighted by Gasteiger charge is 2.41.